The summed E-state index contributed by atoms with van der Waals surface area (Å²) in [5.74, 6) is -3.22. The van der Waals surface area contributed by atoms with Crippen molar-refractivity contribution in [3.63, 3.8) is 0 Å². The van der Waals surface area contributed by atoms with Crippen LogP contribution in [0.25, 0.3) is 0 Å². The van der Waals surface area contributed by atoms with Crippen LogP contribution in [-0.4, -0.2) is 22.9 Å². The Morgan fingerprint density at radius 3 is 2.38 bits per heavy atom. The summed E-state index contributed by atoms with van der Waals surface area (Å²) in [7, 11) is 0. The van der Waals surface area contributed by atoms with Gasteiger partial charge >= 0.3 is 5.97 Å². The largest absolute Gasteiger partial charge is 0.481 e. The van der Waals surface area contributed by atoms with Gasteiger partial charge in [0.1, 0.15) is 5.82 Å². The summed E-state index contributed by atoms with van der Waals surface area (Å²) >= 11 is 0. The number of nitrogens with two attached hydrogens (primary N) is 1. The molecule has 21 heavy (non-hydrogen) atoms. The second-order valence-electron chi connectivity index (χ2n) is 5.41. The third-order valence-electron chi connectivity index (χ3n) is 3.08. The molecule has 0 saturated heterocycles. The minimum absolute atomic E-state index is 0.0779. The van der Waals surface area contributed by atoms with Crippen molar-refractivity contribution >= 4 is 23.5 Å². The van der Waals surface area contributed by atoms with Gasteiger partial charge in [0.2, 0.25) is 11.8 Å². The molecule has 0 aliphatic carbocycles. The SMILES string of the molecule is Cc1c(F)cc(C(N)=O)cc1NC(=O)CC(C)(C)C(=O)O. The second-order valence-corrected chi connectivity index (χ2v) is 5.41. The molecule has 7 heteroatoms. The molecule has 1 aromatic carbocycles. The quantitative estimate of drug-likeness (QED) is 0.767. The predicted molar refractivity (Wildman–Crippen MR) is 74.3 cm³/mol. The average Bonchev–Trinajstić information content (AvgIpc) is 2.33. The van der Waals surface area contributed by atoms with Gasteiger partial charge in [-0.1, -0.05) is 0 Å². The molecule has 0 fully saturated rings. The van der Waals surface area contributed by atoms with Gasteiger partial charge in [0.25, 0.3) is 0 Å². The number of carbonyl (C=O) groups excluding carboxylic acids is 2. The van der Waals surface area contributed by atoms with E-state index in [9.17, 15) is 18.8 Å². The third-order valence-corrected chi connectivity index (χ3v) is 3.08. The molecule has 0 atom stereocenters. The monoisotopic (exact) mass is 296 g/mol. The Bertz CT molecular complexity index is 611. The highest BCUT2D eigenvalue weighted by molar-refractivity contribution is 5.98. The fourth-order valence-corrected chi connectivity index (χ4v) is 1.62. The molecule has 0 saturated carbocycles. The molecule has 0 aliphatic rings. The lowest BCUT2D eigenvalue weighted by atomic mass is 9.89. The van der Waals surface area contributed by atoms with Crippen LogP contribution >= 0.6 is 0 Å². The Kier molecular flexibility index (Phi) is 4.67. The van der Waals surface area contributed by atoms with E-state index in [1.54, 1.807) is 0 Å². The number of carbonyl (C=O) groups is 3. The third kappa shape index (κ3) is 4.01. The summed E-state index contributed by atoms with van der Waals surface area (Å²) in [6.45, 7) is 4.24. The number of halogens is 1. The number of primary amides is 1. The Labute approximate surface area is 121 Å². The summed E-state index contributed by atoms with van der Waals surface area (Å²) in [5.41, 5.74) is 3.98. The number of nitrogens with one attached hydrogen (secondary N) is 1. The van der Waals surface area contributed by atoms with E-state index in [1.165, 1.54) is 26.8 Å². The highest BCUT2D eigenvalue weighted by atomic mass is 19.1. The first-order chi connectivity index (χ1) is 9.54. The Morgan fingerprint density at radius 2 is 1.90 bits per heavy atom. The number of hydrogen-bond donors (Lipinski definition) is 3. The van der Waals surface area contributed by atoms with Gasteiger partial charge in [0.15, 0.2) is 0 Å². The number of carboxylic acids is 1. The zero-order chi connectivity index (χ0) is 16.4. The molecule has 0 heterocycles. The lowest BCUT2D eigenvalue weighted by Crippen LogP contribution is -2.29. The van der Waals surface area contributed by atoms with Crippen LogP contribution in [0.5, 0.6) is 0 Å². The second kappa shape index (κ2) is 5.90. The van der Waals surface area contributed by atoms with E-state index in [0.29, 0.717) is 0 Å². The summed E-state index contributed by atoms with van der Waals surface area (Å²) < 4.78 is 13.7. The van der Waals surface area contributed by atoms with Crippen LogP contribution in [0.15, 0.2) is 12.1 Å². The van der Waals surface area contributed by atoms with E-state index in [-0.39, 0.29) is 23.2 Å². The van der Waals surface area contributed by atoms with E-state index < -0.39 is 29.0 Å². The average molecular weight is 296 g/mol. The molecule has 0 aliphatic heterocycles. The smallest absolute Gasteiger partial charge is 0.309 e. The van der Waals surface area contributed by atoms with Crippen LogP contribution in [0.3, 0.4) is 0 Å². The van der Waals surface area contributed by atoms with Crippen LogP contribution in [-0.2, 0) is 9.59 Å². The van der Waals surface area contributed by atoms with Gasteiger partial charge in [0, 0.05) is 23.2 Å². The lowest BCUT2D eigenvalue weighted by Gasteiger charge is -2.19. The summed E-state index contributed by atoms with van der Waals surface area (Å²) in [5, 5.41) is 11.4. The molecular formula is C14H17FN2O4. The number of rotatable bonds is 5. The number of aliphatic carboxylic acids is 1. The highest BCUT2D eigenvalue weighted by Gasteiger charge is 2.30. The lowest BCUT2D eigenvalue weighted by molar-refractivity contribution is -0.148. The van der Waals surface area contributed by atoms with Crippen molar-refractivity contribution in [3.8, 4) is 0 Å². The van der Waals surface area contributed by atoms with Gasteiger partial charge in [0.05, 0.1) is 5.41 Å². The number of anilines is 1. The van der Waals surface area contributed by atoms with Gasteiger partial charge in [-0.25, -0.2) is 4.39 Å². The van der Waals surface area contributed by atoms with E-state index in [2.05, 4.69) is 5.32 Å². The molecule has 2 amide bonds. The highest BCUT2D eigenvalue weighted by Crippen LogP contribution is 2.24. The van der Waals surface area contributed by atoms with Crippen LogP contribution < -0.4 is 11.1 Å². The van der Waals surface area contributed by atoms with Crippen LogP contribution in [0, 0.1) is 18.2 Å². The van der Waals surface area contributed by atoms with Crippen molar-refractivity contribution in [1.29, 1.82) is 0 Å². The van der Waals surface area contributed by atoms with Crippen LogP contribution in [0.4, 0.5) is 10.1 Å². The Hall–Kier alpha value is -2.44. The Balaban J connectivity index is 3.00. The molecule has 6 nitrogen and oxygen atoms in total. The summed E-state index contributed by atoms with van der Waals surface area (Å²) in [4.78, 5) is 33.9. The maximum Gasteiger partial charge on any atom is 0.309 e. The minimum atomic E-state index is -1.25. The van der Waals surface area contributed by atoms with Crippen molar-refractivity contribution in [1.82, 2.24) is 0 Å². The molecule has 0 radical (unpaired) electrons. The molecule has 0 spiro atoms. The van der Waals surface area contributed by atoms with Gasteiger partial charge in [-0.05, 0) is 32.9 Å². The fourth-order valence-electron chi connectivity index (χ4n) is 1.62. The molecule has 0 bridgehead atoms. The van der Waals surface area contributed by atoms with Crippen LogP contribution in [0.1, 0.15) is 36.2 Å². The standard InChI is InChI=1S/C14H17FN2O4/c1-7-9(15)4-8(12(16)19)5-10(7)17-11(18)6-14(2,3)13(20)21/h4-5H,6H2,1-3H3,(H2,16,19)(H,17,18)(H,20,21). The fraction of sp³-hybridized carbons (Fsp3) is 0.357. The first kappa shape index (κ1) is 16.6. The van der Waals surface area contributed by atoms with Gasteiger partial charge < -0.3 is 16.2 Å². The van der Waals surface area contributed by atoms with Gasteiger partial charge in [-0.2, -0.15) is 0 Å². The molecule has 1 rings (SSSR count). The zero-order valence-corrected chi connectivity index (χ0v) is 12.0. The van der Waals surface area contributed by atoms with Crippen molar-refractivity contribution in [2.45, 2.75) is 27.2 Å². The van der Waals surface area contributed by atoms with Gasteiger partial charge in [-0.15, -0.1) is 0 Å². The summed E-state index contributed by atoms with van der Waals surface area (Å²) in [6, 6.07) is 2.24. The van der Waals surface area contributed by atoms with E-state index in [1.807, 2.05) is 0 Å². The molecule has 0 unspecified atom stereocenters. The van der Waals surface area contributed by atoms with Crippen molar-refractivity contribution < 1.29 is 23.9 Å². The van der Waals surface area contributed by atoms with Crippen molar-refractivity contribution in [2.75, 3.05) is 5.32 Å². The topological polar surface area (TPSA) is 109 Å². The molecule has 0 aromatic heterocycles. The first-order valence-corrected chi connectivity index (χ1v) is 6.18. The number of carboxylic acid groups (broad SMARTS) is 1. The zero-order valence-electron chi connectivity index (χ0n) is 12.0. The van der Waals surface area contributed by atoms with Crippen molar-refractivity contribution in [2.24, 2.45) is 11.1 Å². The Morgan fingerprint density at radius 1 is 1.33 bits per heavy atom. The van der Waals surface area contributed by atoms with Crippen LogP contribution in [0.2, 0.25) is 0 Å². The first-order valence-electron chi connectivity index (χ1n) is 6.18. The maximum atomic E-state index is 13.7. The van der Waals surface area contributed by atoms with E-state index >= 15 is 0 Å². The maximum absolute atomic E-state index is 13.7. The molecule has 1 aromatic rings. The predicted octanol–water partition coefficient (Wildman–Crippen LogP) is 1.67. The molecule has 114 valence electrons. The number of amides is 2. The molecular weight excluding hydrogens is 279 g/mol. The van der Waals surface area contributed by atoms with Crippen molar-refractivity contribution in [3.05, 3.63) is 29.1 Å². The number of hydrogen-bond acceptors (Lipinski definition) is 3. The van der Waals surface area contributed by atoms with Gasteiger partial charge in [-0.3, -0.25) is 14.4 Å². The number of benzene rings is 1. The van der Waals surface area contributed by atoms with E-state index in [0.717, 1.165) is 6.07 Å². The molecule has 4 N–H and O–H groups in total. The minimum Gasteiger partial charge on any atom is -0.481 e. The normalized spacial score (nSPS) is 11.0. The summed E-state index contributed by atoms with van der Waals surface area (Å²) in [6.07, 6.45) is -0.288. The van der Waals surface area contributed by atoms with E-state index in [4.69, 9.17) is 10.8 Å².